The second kappa shape index (κ2) is 11.9. The lowest BCUT2D eigenvalue weighted by Gasteiger charge is -2.19. The van der Waals surface area contributed by atoms with Gasteiger partial charge in [0.1, 0.15) is 22.9 Å². The number of hydrogen-bond acceptors (Lipinski definition) is 7. The Hall–Kier alpha value is -4.24. The van der Waals surface area contributed by atoms with Crippen LogP contribution in [0.3, 0.4) is 0 Å². The van der Waals surface area contributed by atoms with Crippen LogP contribution in [0.1, 0.15) is 16.7 Å². The third-order valence-electron chi connectivity index (χ3n) is 5.73. The average Bonchev–Trinajstić information content (AvgIpc) is 3.21. The molecule has 0 fully saturated rings. The summed E-state index contributed by atoms with van der Waals surface area (Å²) in [6.45, 7) is 3.95. The summed E-state index contributed by atoms with van der Waals surface area (Å²) in [7, 11) is 4.69. The largest absolute Gasteiger partial charge is 0.497 e. The Bertz CT molecular complexity index is 1400. The van der Waals surface area contributed by atoms with E-state index in [2.05, 4.69) is 10.3 Å². The van der Waals surface area contributed by atoms with E-state index < -0.39 is 0 Å². The summed E-state index contributed by atoms with van der Waals surface area (Å²) < 4.78 is 15.8. The fourth-order valence-electron chi connectivity index (χ4n) is 3.99. The maximum Gasteiger partial charge on any atom is 0.283 e. The molecule has 4 rings (SSSR count). The number of nitrogens with zero attached hydrogens (tertiary/aromatic N) is 2. The first-order chi connectivity index (χ1) is 18.3. The first kappa shape index (κ1) is 26.8. The van der Waals surface area contributed by atoms with E-state index in [1.165, 1.54) is 18.9 Å². The number of aliphatic imine (C=N–C) groups is 1. The van der Waals surface area contributed by atoms with Crippen molar-refractivity contribution >= 4 is 46.2 Å². The Morgan fingerprint density at radius 3 is 2.21 bits per heavy atom. The number of nitrogens with one attached hydrogen (secondary N) is 1. The Kier molecular flexibility index (Phi) is 8.38. The fourth-order valence-corrected chi connectivity index (χ4v) is 4.80. The van der Waals surface area contributed by atoms with Crippen molar-refractivity contribution in [2.24, 2.45) is 4.99 Å². The van der Waals surface area contributed by atoms with Crippen LogP contribution >= 0.6 is 11.8 Å². The number of amides is 2. The summed E-state index contributed by atoms with van der Waals surface area (Å²) in [5, 5.41) is 3.28. The average molecular weight is 532 g/mol. The molecule has 1 N–H and O–H groups in total. The molecule has 1 aliphatic rings. The SMILES string of the molecule is COc1ccc(/C=C2\N=C(SCC(=O)Nc3cc(OC)ccc3OC)N(c3cc(C)cc(C)c3)C2=O)cc1. The number of ether oxygens (including phenoxy) is 3. The smallest absolute Gasteiger partial charge is 0.283 e. The minimum atomic E-state index is -0.273. The van der Waals surface area contributed by atoms with Gasteiger partial charge in [-0.1, -0.05) is 30.0 Å². The van der Waals surface area contributed by atoms with Gasteiger partial charge in [0.15, 0.2) is 5.17 Å². The molecule has 0 saturated carbocycles. The van der Waals surface area contributed by atoms with Gasteiger partial charge < -0.3 is 19.5 Å². The van der Waals surface area contributed by atoms with Crippen molar-refractivity contribution in [3.05, 3.63) is 83.1 Å². The highest BCUT2D eigenvalue weighted by Crippen LogP contribution is 2.32. The molecule has 1 heterocycles. The number of carbonyl (C=O) groups excluding carboxylic acids is 2. The third kappa shape index (κ3) is 6.18. The van der Waals surface area contributed by atoms with Crippen molar-refractivity contribution in [3.8, 4) is 17.2 Å². The van der Waals surface area contributed by atoms with Gasteiger partial charge in [-0.25, -0.2) is 4.99 Å². The van der Waals surface area contributed by atoms with Crippen LogP contribution in [0.4, 0.5) is 11.4 Å². The molecule has 9 heteroatoms. The highest BCUT2D eigenvalue weighted by molar-refractivity contribution is 8.14. The molecule has 38 heavy (non-hydrogen) atoms. The van der Waals surface area contributed by atoms with Crippen molar-refractivity contribution in [2.45, 2.75) is 13.8 Å². The molecule has 1 aliphatic heterocycles. The van der Waals surface area contributed by atoms with Gasteiger partial charge in [0.25, 0.3) is 5.91 Å². The van der Waals surface area contributed by atoms with Gasteiger partial charge in [-0.05, 0) is 73.0 Å². The van der Waals surface area contributed by atoms with Gasteiger partial charge in [-0.3, -0.25) is 14.5 Å². The molecule has 3 aromatic rings. The standard InChI is InChI=1S/C29H29N3O5S/c1-18-12-19(2)14-21(13-18)32-28(34)25(15-20-6-8-22(35-3)9-7-20)31-29(32)38-17-27(33)30-24-16-23(36-4)10-11-26(24)37-5/h6-16H,17H2,1-5H3,(H,30,33)/b25-15-. The predicted octanol–water partition coefficient (Wildman–Crippen LogP) is 5.44. The predicted molar refractivity (Wildman–Crippen MR) is 152 cm³/mol. The van der Waals surface area contributed by atoms with Gasteiger partial charge >= 0.3 is 0 Å². The number of hydrogen-bond donors (Lipinski definition) is 1. The van der Waals surface area contributed by atoms with Crippen LogP contribution in [0.2, 0.25) is 0 Å². The lowest BCUT2D eigenvalue weighted by Crippen LogP contribution is -2.31. The Balaban J connectivity index is 1.60. The lowest BCUT2D eigenvalue weighted by molar-refractivity contribution is -0.114. The molecule has 0 atom stereocenters. The second-order valence-corrected chi connectivity index (χ2v) is 9.53. The third-order valence-corrected chi connectivity index (χ3v) is 6.67. The first-order valence-corrected chi connectivity index (χ1v) is 12.8. The highest BCUT2D eigenvalue weighted by atomic mass is 32.2. The summed E-state index contributed by atoms with van der Waals surface area (Å²) in [6.07, 6.45) is 1.73. The van der Waals surface area contributed by atoms with E-state index in [0.717, 1.165) is 22.4 Å². The van der Waals surface area contributed by atoms with Crippen molar-refractivity contribution in [2.75, 3.05) is 37.3 Å². The number of rotatable bonds is 8. The van der Waals surface area contributed by atoms with Crippen LogP contribution in [-0.4, -0.2) is 44.1 Å². The monoisotopic (exact) mass is 531 g/mol. The molecule has 3 aromatic carbocycles. The summed E-state index contributed by atoms with van der Waals surface area (Å²) in [5.41, 5.74) is 4.33. The molecule has 0 aromatic heterocycles. The Morgan fingerprint density at radius 1 is 0.921 bits per heavy atom. The topological polar surface area (TPSA) is 89.5 Å². The number of aryl methyl sites for hydroxylation is 2. The molecule has 0 radical (unpaired) electrons. The maximum absolute atomic E-state index is 13.5. The summed E-state index contributed by atoms with van der Waals surface area (Å²) in [5.74, 6) is 1.32. The van der Waals surface area contributed by atoms with E-state index >= 15 is 0 Å². The van der Waals surface area contributed by atoms with Crippen LogP contribution in [0.15, 0.2) is 71.4 Å². The maximum atomic E-state index is 13.5. The van der Waals surface area contributed by atoms with Gasteiger partial charge in [0.2, 0.25) is 5.91 Å². The van der Waals surface area contributed by atoms with Gasteiger partial charge in [-0.15, -0.1) is 0 Å². The highest BCUT2D eigenvalue weighted by Gasteiger charge is 2.32. The Morgan fingerprint density at radius 2 is 1.58 bits per heavy atom. The molecular weight excluding hydrogens is 502 g/mol. The minimum Gasteiger partial charge on any atom is -0.497 e. The zero-order chi connectivity index (χ0) is 27.2. The van der Waals surface area contributed by atoms with Crippen LogP contribution < -0.4 is 24.4 Å². The summed E-state index contributed by atoms with van der Waals surface area (Å²) in [4.78, 5) is 32.6. The van der Waals surface area contributed by atoms with Crippen LogP contribution in [0.25, 0.3) is 6.08 Å². The quantitative estimate of drug-likeness (QED) is 0.389. The van der Waals surface area contributed by atoms with E-state index in [1.54, 1.807) is 43.4 Å². The van der Waals surface area contributed by atoms with Crippen molar-refractivity contribution in [1.29, 1.82) is 0 Å². The molecular formula is C29H29N3O5S. The number of thioether (sulfide) groups is 1. The van der Waals surface area contributed by atoms with Gasteiger partial charge in [-0.2, -0.15) is 0 Å². The van der Waals surface area contributed by atoms with Crippen molar-refractivity contribution in [3.63, 3.8) is 0 Å². The normalized spacial score (nSPS) is 13.9. The van der Waals surface area contributed by atoms with Crippen LogP contribution in [0, 0.1) is 13.8 Å². The first-order valence-electron chi connectivity index (χ1n) is 11.8. The molecule has 0 spiro atoms. The molecule has 196 valence electrons. The van der Waals surface area contributed by atoms with Crippen molar-refractivity contribution < 1.29 is 23.8 Å². The van der Waals surface area contributed by atoms with Crippen LogP contribution in [-0.2, 0) is 9.59 Å². The van der Waals surface area contributed by atoms with E-state index in [9.17, 15) is 9.59 Å². The van der Waals surface area contributed by atoms with Gasteiger partial charge in [0, 0.05) is 6.07 Å². The van der Waals surface area contributed by atoms with E-state index in [-0.39, 0.29) is 23.3 Å². The summed E-state index contributed by atoms with van der Waals surface area (Å²) >= 11 is 1.18. The van der Waals surface area contributed by atoms with E-state index in [4.69, 9.17) is 14.2 Å². The van der Waals surface area contributed by atoms with Crippen LogP contribution in [0.5, 0.6) is 17.2 Å². The minimum absolute atomic E-state index is 0.0313. The second-order valence-electron chi connectivity index (χ2n) is 8.59. The van der Waals surface area contributed by atoms with Gasteiger partial charge in [0.05, 0.1) is 38.5 Å². The number of anilines is 2. The number of benzene rings is 3. The molecule has 0 aliphatic carbocycles. The number of methoxy groups -OCH3 is 3. The Labute approximate surface area is 226 Å². The number of carbonyl (C=O) groups is 2. The molecule has 0 saturated heterocycles. The number of amidine groups is 1. The van der Waals surface area contributed by atoms with Crippen molar-refractivity contribution in [1.82, 2.24) is 0 Å². The lowest BCUT2D eigenvalue weighted by atomic mass is 10.1. The molecule has 0 unspecified atom stereocenters. The van der Waals surface area contributed by atoms with E-state index in [1.807, 2.05) is 56.3 Å². The molecule has 2 amide bonds. The zero-order valence-corrected chi connectivity index (χ0v) is 22.7. The molecule has 0 bridgehead atoms. The molecule has 8 nitrogen and oxygen atoms in total. The summed E-state index contributed by atoms with van der Waals surface area (Å²) in [6, 6.07) is 18.4. The zero-order valence-electron chi connectivity index (χ0n) is 21.9. The fraction of sp³-hybridized carbons (Fsp3) is 0.207. The van der Waals surface area contributed by atoms with E-state index in [0.29, 0.717) is 28.0 Å².